The van der Waals surface area contributed by atoms with Gasteiger partial charge in [0, 0.05) is 11.9 Å². The van der Waals surface area contributed by atoms with Gasteiger partial charge in [-0.25, -0.2) is 9.59 Å². The maximum atomic E-state index is 11.9. The van der Waals surface area contributed by atoms with E-state index in [-0.39, 0.29) is 13.2 Å². The van der Waals surface area contributed by atoms with Crippen LogP contribution >= 0.6 is 15.9 Å². The van der Waals surface area contributed by atoms with Crippen molar-refractivity contribution in [3.8, 4) is 0 Å². The minimum Gasteiger partial charge on any atom is -0.464 e. The lowest BCUT2D eigenvalue weighted by molar-refractivity contribution is -0.145. The van der Waals surface area contributed by atoms with E-state index in [2.05, 4.69) is 26.6 Å². The maximum absolute atomic E-state index is 11.9. The molecule has 0 aromatic heterocycles. The molecule has 0 spiro atoms. The van der Waals surface area contributed by atoms with E-state index in [9.17, 15) is 14.4 Å². The molecule has 1 aromatic rings. The van der Waals surface area contributed by atoms with Crippen LogP contribution in [0.5, 0.6) is 0 Å². The number of hydrogen-bond acceptors (Lipinski definition) is 5. The Morgan fingerprint density at radius 2 is 1.83 bits per heavy atom. The molecule has 8 heteroatoms. The Labute approximate surface area is 186 Å². The van der Waals surface area contributed by atoms with Crippen LogP contribution in [0.1, 0.15) is 44.6 Å². The third-order valence-corrected chi connectivity index (χ3v) is 4.99. The van der Waals surface area contributed by atoms with Crippen molar-refractivity contribution in [3.63, 3.8) is 0 Å². The number of benzene rings is 1. The van der Waals surface area contributed by atoms with Crippen molar-refractivity contribution in [2.75, 3.05) is 18.5 Å². The van der Waals surface area contributed by atoms with Gasteiger partial charge in [-0.3, -0.25) is 4.79 Å². The third-order valence-electron chi connectivity index (χ3n) is 4.27. The van der Waals surface area contributed by atoms with Crippen LogP contribution in [0, 0.1) is 0 Å². The topological polar surface area (TPSA) is 93.7 Å². The van der Waals surface area contributed by atoms with Gasteiger partial charge < -0.3 is 20.1 Å². The summed E-state index contributed by atoms with van der Waals surface area (Å²) in [6, 6.07) is 8.78. The Balaban J connectivity index is 2.19. The number of ether oxygens (including phenoxy) is 2. The van der Waals surface area contributed by atoms with E-state index >= 15 is 0 Å². The lowest BCUT2D eigenvalue weighted by Crippen LogP contribution is -2.36. The first-order chi connectivity index (χ1) is 14.6. The van der Waals surface area contributed by atoms with Crippen molar-refractivity contribution < 1.29 is 23.9 Å². The minimum atomic E-state index is -0.763. The molecule has 0 heterocycles. The number of alkyl halides is 1. The van der Waals surface area contributed by atoms with E-state index in [0.717, 1.165) is 43.2 Å². The zero-order chi connectivity index (χ0) is 22.0. The highest BCUT2D eigenvalue weighted by atomic mass is 79.9. The van der Waals surface area contributed by atoms with E-state index in [1.165, 1.54) is 0 Å². The predicted octanol–water partition coefficient (Wildman–Crippen LogP) is 3.86. The number of allylic oxidation sites excluding steroid dienone is 1. The van der Waals surface area contributed by atoms with Crippen molar-refractivity contribution in [1.29, 1.82) is 0 Å². The lowest BCUT2D eigenvalue weighted by Gasteiger charge is -2.13. The van der Waals surface area contributed by atoms with Crippen molar-refractivity contribution >= 4 is 34.4 Å². The molecule has 0 aliphatic rings. The molecule has 1 unspecified atom stereocenters. The molecule has 0 aliphatic heterocycles. The molecule has 1 atom stereocenters. The monoisotopic (exact) mass is 482 g/mol. The third kappa shape index (κ3) is 11.6. The predicted molar refractivity (Wildman–Crippen MR) is 119 cm³/mol. The number of halogens is 1. The summed E-state index contributed by atoms with van der Waals surface area (Å²) >= 11 is 3.43. The molecular formula is C22H31BrN2O5. The highest BCUT2D eigenvalue weighted by Crippen LogP contribution is 2.14. The highest BCUT2D eigenvalue weighted by molar-refractivity contribution is 9.09. The van der Waals surface area contributed by atoms with Crippen molar-refractivity contribution in [1.82, 2.24) is 10.6 Å². The summed E-state index contributed by atoms with van der Waals surface area (Å²) in [5.74, 6) is -0.465. The fraction of sp³-hybridized carbons (Fsp3) is 0.500. The Hall–Kier alpha value is -2.35. The van der Waals surface area contributed by atoms with Crippen molar-refractivity contribution in [2.45, 2.75) is 51.7 Å². The highest BCUT2D eigenvalue weighted by Gasteiger charge is 2.16. The van der Waals surface area contributed by atoms with Crippen LogP contribution in [0.15, 0.2) is 42.0 Å². The van der Waals surface area contributed by atoms with Gasteiger partial charge in [0.15, 0.2) is 0 Å². The van der Waals surface area contributed by atoms with Gasteiger partial charge in [0.05, 0.1) is 6.61 Å². The lowest BCUT2D eigenvalue weighted by atomic mass is 10.1. The van der Waals surface area contributed by atoms with Gasteiger partial charge in [-0.2, -0.15) is 0 Å². The zero-order valence-corrected chi connectivity index (χ0v) is 19.0. The molecule has 0 saturated carbocycles. The van der Waals surface area contributed by atoms with Crippen LogP contribution in [-0.4, -0.2) is 43.0 Å². The number of unbranched alkanes of at least 4 members (excludes halogenated alkanes) is 3. The normalized spacial score (nSPS) is 12.0. The summed E-state index contributed by atoms with van der Waals surface area (Å²) in [4.78, 5) is 34.3. The SMILES string of the molecule is CCOC(=O)C(C=C(CBr)CCCCCCNC(=O)OCc1ccccc1)NC=O. The number of rotatable bonds is 15. The average Bonchev–Trinajstić information content (AvgIpc) is 2.76. The van der Waals surface area contributed by atoms with Gasteiger partial charge >= 0.3 is 12.1 Å². The molecule has 1 rings (SSSR count). The number of carbonyl (C=O) groups excluding carboxylic acids is 3. The molecule has 0 aliphatic carbocycles. The number of nitrogens with one attached hydrogen (secondary N) is 2. The summed E-state index contributed by atoms with van der Waals surface area (Å²) in [6.07, 6.45) is 6.44. The first-order valence-corrected chi connectivity index (χ1v) is 11.3. The first kappa shape index (κ1) is 25.7. The zero-order valence-electron chi connectivity index (χ0n) is 17.4. The molecular weight excluding hydrogens is 452 g/mol. The molecule has 2 N–H and O–H groups in total. The first-order valence-electron chi connectivity index (χ1n) is 10.2. The van der Waals surface area contributed by atoms with Gasteiger partial charge in [-0.15, -0.1) is 0 Å². The van der Waals surface area contributed by atoms with Crippen LogP contribution in [0.4, 0.5) is 4.79 Å². The molecule has 166 valence electrons. The van der Waals surface area contributed by atoms with E-state index < -0.39 is 18.1 Å². The Morgan fingerprint density at radius 3 is 2.50 bits per heavy atom. The Bertz CT molecular complexity index is 667. The number of alkyl carbamates (subject to hydrolysis) is 1. The second-order valence-corrected chi connectivity index (χ2v) is 7.19. The van der Waals surface area contributed by atoms with Crippen molar-refractivity contribution in [3.05, 3.63) is 47.5 Å². The maximum Gasteiger partial charge on any atom is 0.407 e. The Kier molecular flexibility index (Phi) is 14.1. The fourth-order valence-electron chi connectivity index (χ4n) is 2.72. The molecule has 0 fully saturated rings. The number of hydrogen-bond donors (Lipinski definition) is 2. The standard InChI is InChI=1S/C22H31BrN2O5/c1-2-29-21(27)20(25-17-26)14-19(15-23)12-6-3-4-9-13-24-22(28)30-16-18-10-7-5-8-11-18/h5,7-8,10-11,14,17,20H,2-4,6,9,12-13,15-16H2,1H3,(H,24,28)(H,25,26). The number of esters is 1. The van der Waals surface area contributed by atoms with Crippen LogP contribution in [0.3, 0.4) is 0 Å². The van der Waals surface area contributed by atoms with E-state index in [1.807, 2.05) is 30.3 Å². The molecule has 30 heavy (non-hydrogen) atoms. The summed E-state index contributed by atoms with van der Waals surface area (Å²) in [5, 5.41) is 5.86. The summed E-state index contributed by atoms with van der Waals surface area (Å²) < 4.78 is 10.1. The minimum absolute atomic E-state index is 0.264. The molecule has 2 amide bonds. The van der Waals surface area contributed by atoms with E-state index in [4.69, 9.17) is 9.47 Å². The number of carbonyl (C=O) groups is 3. The molecule has 0 saturated heterocycles. The van der Waals surface area contributed by atoms with E-state index in [0.29, 0.717) is 18.3 Å². The van der Waals surface area contributed by atoms with Gasteiger partial charge in [0.2, 0.25) is 6.41 Å². The average molecular weight is 483 g/mol. The summed E-state index contributed by atoms with van der Waals surface area (Å²) in [6.45, 7) is 2.83. The second kappa shape index (κ2) is 16.4. The Morgan fingerprint density at radius 1 is 1.10 bits per heavy atom. The van der Waals surface area contributed by atoms with Gasteiger partial charge in [0.25, 0.3) is 0 Å². The smallest absolute Gasteiger partial charge is 0.407 e. The second-order valence-electron chi connectivity index (χ2n) is 6.63. The van der Waals surface area contributed by atoms with Gasteiger partial charge in [0.1, 0.15) is 12.6 Å². The molecule has 7 nitrogen and oxygen atoms in total. The fourth-order valence-corrected chi connectivity index (χ4v) is 3.18. The molecule has 0 radical (unpaired) electrons. The molecule has 1 aromatic carbocycles. The van der Waals surface area contributed by atoms with Crippen LogP contribution < -0.4 is 10.6 Å². The summed E-state index contributed by atoms with van der Waals surface area (Å²) in [7, 11) is 0. The van der Waals surface area contributed by atoms with Crippen LogP contribution in [-0.2, 0) is 25.7 Å². The summed E-state index contributed by atoms with van der Waals surface area (Å²) in [5.41, 5.74) is 1.99. The number of amides is 2. The van der Waals surface area contributed by atoms with Crippen LogP contribution in [0.25, 0.3) is 0 Å². The molecule has 0 bridgehead atoms. The largest absolute Gasteiger partial charge is 0.464 e. The van der Waals surface area contributed by atoms with Crippen LogP contribution in [0.2, 0.25) is 0 Å². The van der Waals surface area contributed by atoms with E-state index in [1.54, 1.807) is 13.0 Å². The quantitative estimate of drug-likeness (QED) is 0.130. The van der Waals surface area contributed by atoms with Gasteiger partial charge in [-0.1, -0.05) is 70.8 Å². The van der Waals surface area contributed by atoms with Crippen molar-refractivity contribution in [2.24, 2.45) is 0 Å². The van der Waals surface area contributed by atoms with Gasteiger partial charge in [-0.05, 0) is 31.7 Å².